The van der Waals surface area contributed by atoms with E-state index >= 15 is 0 Å². The number of amides is 1. The first kappa shape index (κ1) is 17.1. The van der Waals surface area contributed by atoms with Crippen LogP contribution in [0.3, 0.4) is 0 Å². The SMILES string of the molecule is CNc1cc(Nc2cc(C)nc(N3CCCC3)c2)nc2c(C(N)=O)cnn12. The van der Waals surface area contributed by atoms with Gasteiger partial charge in [0.1, 0.15) is 23.0 Å². The number of hydrogen-bond acceptors (Lipinski definition) is 7. The summed E-state index contributed by atoms with van der Waals surface area (Å²) in [4.78, 5) is 23.1. The first-order chi connectivity index (χ1) is 13.0. The minimum atomic E-state index is -0.562. The molecule has 1 amide bonds. The lowest BCUT2D eigenvalue weighted by molar-refractivity contribution is 0.100. The number of pyridine rings is 1. The Morgan fingerprint density at radius 2 is 1.96 bits per heavy atom. The van der Waals surface area contributed by atoms with Gasteiger partial charge in [-0.15, -0.1) is 0 Å². The molecule has 0 bridgehead atoms. The van der Waals surface area contributed by atoms with Crippen LogP contribution in [-0.2, 0) is 0 Å². The number of hydrogen-bond donors (Lipinski definition) is 3. The smallest absolute Gasteiger partial charge is 0.254 e. The monoisotopic (exact) mass is 366 g/mol. The van der Waals surface area contributed by atoms with Crippen LogP contribution < -0.4 is 21.3 Å². The van der Waals surface area contributed by atoms with Crippen molar-refractivity contribution in [2.75, 3.05) is 35.7 Å². The van der Waals surface area contributed by atoms with Gasteiger partial charge in [-0.25, -0.2) is 9.97 Å². The molecule has 1 aliphatic heterocycles. The van der Waals surface area contributed by atoms with Gasteiger partial charge in [0, 0.05) is 43.7 Å². The lowest BCUT2D eigenvalue weighted by Crippen LogP contribution is -2.19. The second kappa shape index (κ2) is 6.75. The van der Waals surface area contributed by atoms with Gasteiger partial charge in [-0.1, -0.05) is 0 Å². The Hall–Kier alpha value is -3.36. The number of nitrogens with one attached hydrogen (secondary N) is 2. The molecule has 3 aromatic heterocycles. The standard InChI is InChI=1S/C18H22N8O/c1-11-7-12(8-16(22-11)25-5-3-4-6-25)23-14-9-15(20-2)26-18(24-14)13(10-21-26)17(19)27/h7-10,20H,3-6H2,1-2H3,(H2,19,27)(H,22,23,24). The Morgan fingerprint density at radius 1 is 1.19 bits per heavy atom. The number of primary amides is 1. The molecule has 1 aliphatic rings. The third-order valence-electron chi connectivity index (χ3n) is 4.64. The molecule has 0 spiro atoms. The molecule has 1 fully saturated rings. The molecule has 1 saturated heterocycles. The highest BCUT2D eigenvalue weighted by atomic mass is 16.1. The summed E-state index contributed by atoms with van der Waals surface area (Å²) in [6.45, 7) is 4.03. The van der Waals surface area contributed by atoms with E-state index in [-0.39, 0.29) is 5.56 Å². The van der Waals surface area contributed by atoms with E-state index in [0.717, 1.165) is 30.3 Å². The van der Waals surface area contributed by atoms with E-state index < -0.39 is 5.91 Å². The number of nitrogens with zero attached hydrogens (tertiary/aromatic N) is 5. The molecule has 27 heavy (non-hydrogen) atoms. The maximum Gasteiger partial charge on any atom is 0.254 e. The van der Waals surface area contributed by atoms with Crippen LogP contribution in [-0.4, -0.2) is 45.6 Å². The van der Waals surface area contributed by atoms with Crippen LogP contribution in [0.15, 0.2) is 24.4 Å². The lowest BCUT2D eigenvalue weighted by Gasteiger charge is -2.18. The second-order valence-electron chi connectivity index (χ2n) is 6.61. The number of carbonyl (C=O) groups excluding carboxylic acids is 1. The minimum absolute atomic E-state index is 0.277. The van der Waals surface area contributed by atoms with Crippen LogP contribution >= 0.6 is 0 Å². The van der Waals surface area contributed by atoms with Gasteiger partial charge >= 0.3 is 0 Å². The molecule has 0 atom stereocenters. The van der Waals surface area contributed by atoms with E-state index in [2.05, 4.69) is 30.6 Å². The van der Waals surface area contributed by atoms with E-state index in [1.807, 2.05) is 25.1 Å². The van der Waals surface area contributed by atoms with Gasteiger partial charge in [-0.05, 0) is 25.8 Å². The van der Waals surface area contributed by atoms with Crippen molar-refractivity contribution in [2.45, 2.75) is 19.8 Å². The van der Waals surface area contributed by atoms with E-state index in [0.29, 0.717) is 17.3 Å². The summed E-state index contributed by atoms with van der Waals surface area (Å²) in [5.74, 6) is 1.69. The average molecular weight is 366 g/mol. The maximum atomic E-state index is 11.7. The number of fused-ring (bicyclic) bond motifs is 1. The van der Waals surface area contributed by atoms with Gasteiger partial charge in [0.15, 0.2) is 5.65 Å². The Kier molecular flexibility index (Phi) is 4.27. The zero-order valence-corrected chi connectivity index (χ0v) is 15.4. The number of nitrogens with two attached hydrogens (primary N) is 1. The third-order valence-corrected chi connectivity index (χ3v) is 4.64. The number of anilines is 4. The molecule has 140 valence electrons. The normalized spacial score (nSPS) is 13.9. The van der Waals surface area contributed by atoms with Crippen molar-refractivity contribution in [2.24, 2.45) is 5.73 Å². The molecule has 4 rings (SSSR count). The Bertz CT molecular complexity index is 1010. The van der Waals surface area contributed by atoms with Gasteiger partial charge in [-0.2, -0.15) is 9.61 Å². The molecule has 0 aliphatic carbocycles. The molecule has 4 N–H and O–H groups in total. The Labute approximate surface area is 156 Å². The molecular formula is C18H22N8O. The van der Waals surface area contributed by atoms with Crippen molar-refractivity contribution in [1.82, 2.24) is 19.6 Å². The van der Waals surface area contributed by atoms with Crippen molar-refractivity contribution in [3.05, 3.63) is 35.7 Å². The maximum absolute atomic E-state index is 11.7. The van der Waals surface area contributed by atoms with Crippen molar-refractivity contribution in [3.63, 3.8) is 0 Å². The molecule has 3 aromatic rings. The van der Waals surface area contributed by atoms with Gasteiger partial charge in [0.05, 0.1) is 6.20 Å². The first-order valence-electron chi connectivity index (χ1n) is 8.92. The van der Waals surface area contributed by atoms with Crippen LogP contribution in [0.5, 0.6) is 0 Å². The van der Waals surface area contributed by atoms with E-state index in [4.69, 9.17) is 5.73 Å². The van der Waals surface area contributed by atoms with E-state index in [1.165, 1.54) is 19.0 Å². The van der Waals surface area contributed by atoms with Crippen molar-refractivity contribution < 1.29 is 4.79 Å². The minimum Gasteiger partial charge on any atom is -0.373 e. The highest BCUT2D eigenvalue weighted by Crippen LogP contribution is 2.26. The number of aryl methyl sites for hydroxylation is 1. The predicted molar refractivity (Wildman–Crippen MR) is 105 cm³/mol. The topological polar surface area (TPSA) is 113 Å². The zero-order valence-electron chi connectivity index (χ0n) is 15.4. The average Bonchev–Trinajstić information content (AvgIpc) is 3.30. The number of rotatable bonds is 5. The molecule has 9 nitrogen and oxygen atoms in total. The Balaban J connectivity index is 1.72. The molecular weight excluding hydrogens is 344 g/mol. The van der Waals surface area contributed by atoms with Gasteiger partial charge in [0.2, 0.25) is 0 Å². The molecule has 9 heteroatoms. The Morgan fingerprint density at radius 3 is 2.67 bits per heavy atom. The summed E-state index contributed by atoms with van der Waals surface area (Å²) in [6.07, 6.45) is 3.82. The fourth-order valence-corrected chi connectivity index (χ4v) is 3.36. The first-order valence-corrected chi connectivity index (χ1v) is 8.92. The van der Waals surface area contributed by atoms with E-state index in [9.17, 15) is 4.79 Å². The summed E-state index contributed by atoms with van der Waals surface area (Å²) >= 11 is 0. The lowest BCUT2D eigenvalue weighted by atomic mass is 10.3. The van der Waals surface area contributed by atoms with Gasteiger partial charge in [0.25, 0.3) is 5.91 Å². The predicted octanol–water partition coefficient (Wildman–Crippen LogP) is 1.92. The molecule has 0 radical (unpaired) electrons. The van der Waals surface area contributed by atoms with Crippen LogP contribution in [0.2, 0.25) is 0 Å². The van der Waals surface area contributed by atoms with E-state index in [1.54, 1.807) is 11.6 Å². The van der Waals surface area contributed by atoms with Crippen LogP contribution in [0.25, 0.3) is 5.65 Å². The van der Waals surface area contributed by atoms with Crippen LogP contribution in [0, 0.1) is 6.92 Å². The fourth-order valence-electron chi connectivity index (χ4n) is 3.36. The second-order valence-corrected chi connectivity index (χ2v) is 6.61. The summed E-state index contributed by atoms with van der Waals surface area (Å²) in [7, 11) is 1.78. The molecule has 4 heterocycles. The van der Waals surface area contributed by atoms with Gasteiger partial charge < -0.3 is 21.3 Å². The summed E-state index contributed by atoms with van der Waals surface area (Å²) in [5.41, 5.74) is 7.94. The third kappa shape index (κ3) is 3.23. The summed E-state index contributed by atoms with van der Waals surface area (Å²) in [5, 5.41) is 10.6. The zero-order chi connectivity index (χ0) is 19.0. The quantitative estimate of drug-likeness (QED) is 0.632. The highest BCUT2D eigenvalue weighted by molar-refractivity contribution is 5.99. The van der Waals surface area contributed by atoms with Crippen LogP contribution in [0.4, 0.5) is 23.1 Å². The summed E-state index contributed by atoms with van der Waals surface area (Å²) in [6, 6.07) is 5.82. The number of carbonyl (C=O) groups is 1. The van der Waals surface area contributed by atoms with Crippen LogP contribution in [0.1, 0.15) is 28.9 Å². The summed E-state index contributed by atoms with van der Waals surface area (Å²) < 4.78 is 1.55. The fraction of sp³-hybridized carbons (Fsp3) is 0.333. The van der Waals surface area contributed by atoms with Gasteiger partial charge in [-0.3, -0.25) is 4.79 Å². The van der Waals surface area contributed by atoms with Crippen molar-refractivity contribution in [1.29, 1.82) is 0 Å². The molecule has 0 unspecified atom stereocenters. The van der Waals surface area contributed by atoms with Crippen molar-refractivity contribution in [3.8, 4) is 0 Å². The largest absolute Gasteiger partial charge is 0.373 e. The molecule has 0 aromatic carbocycles. The highest BCUT2D eigenvalue weighted by Gasteiger charge is 2.17. The van der Waals surface area contributed by atoms with Crippen molar-refractivity contribution >= 4 is 34.7 Å². The molecule has 0 saturated carbocycles. The number of aromatic nitrogens is 4.